The third-order valence-corrected chi connectivity index (χ3v) is 3.39. The van der Waals surface area contributed by atoms with Gasteiger partial charge in [-0.05, 0) is 30.5 Å². The first-order valence-corrected chi connectivity index (χ1v) is 5.69. The molecule has 2 nitrogen and oxygen atoms in total. The summed E-state index contributed by atoms with van der Waals surface area (Å²) in [7, 11) is 0. The molecule has 0 amide bonds. The maximum Gasteiger partial charge on any atom is 0.142 e. The van der Waals surface area contributed by atoms with Crippen molar-refractivity contribution < 1.29 is 9.50 Å². The van der Waals surface area contributed by atoms with Gasteiger partial charge in [0.1, 0.15) is 5.82 Å². The molecule has 1 unspecified atom stereocenters. The summed E-state index contributed by atoms with van der Waals surface area (Å²) in [5.41, 5.74) is 6.11. The van der Waals surface area contributed by atoms with Crippen molar-refractivity contribution in [2.24, 2.45) is 11.1 Å². The second kappa shape index (κ2) is 5.62. The highest BCUT2D eigenvalue weighted by Gasteiger charge is 2.26. The van der Waals surface area contributed by atoms with E-state index in [0.29, 0.717) is 13.0 Å². The maximum absolute atomic E-state index is 13.2. The number of hydrogen-bond donors (Lipinski definition) is 2. The topological polar surface area (TPSA) is 46.2 Å². The first kappa shape index (κ1) is 13.4. The summed E-state index contributed by atoms with van der Waals surface area (Å²) in [4.78, 5) is 0. The van der Waals surface area contributed by atoms with E-state index in [1.807, 2.05) is 6.92 Å². The summed E-state index contributed by atoms with van der Waals surface area (Å²) in [6.45, 7) is 2.35. The molecule has 4 heteroatoms. The van der Waals surface area contributed by atoms with Crippen LogP contribution >= 0.6 is 11.6 Å². The zero-order valence-corrected chi connectivity index (χ0v) is 10.1. The first-order valence-electron chi connectivity index (χ1n) is 5.32. The number of aliphatic hydroxyl groups excluding tert-OH is 1. The highest BCUT2D eigenvalue weighted by Crippen LogP contribution is 2.27. The number of rotatable bonds is 5. The van der Waals surface area contributed by atoms with E-state index >= 15 is 0 Å². The lowest BCUT2D eigenvalue weighted by atomic mass is 9.80. The predicted octanol–water partition coefficient (Wildman–Crippen LogP) is 2.37. The molecule has 0 aliphatic rings. The molecule has 0 spiro atoms. The monoisotopic (exact) mass is 245 g/mol. The van der Waals surface area contributed by atoms with E-state index < -0.39 is 5.82 Å². The zero-order chi connectivity index (χ0) is 12.2. The number of hydrogen-bond acceptors (Lipinski definition) is 2. The minimum Gasteiger partial charge on any atom is -0.396 e. The van der Waals surface area contributed by atoms with E-state index in [2.05, 4.69) is 0 Å². The van der Waals surface area contributed by atoms with Crippen molar-refractivity contribution in [3.63, 3.8) is 0 Å². The molecule has 3 N–H and O–H groups in total. The van der Waals surface area contributed by atoms with Gasteiger partial charge >= 0.3 is 0 Å². The molecule has 1 rings (SSSR count). The van der Waals surface area contributed by atoms with Gasteiger partial charge < -0.3 is 10.8 Å². The molecule has 0 aliphatic heterocycles. The van der Waals surface area contributed by atoms with Crippen LogP contribution in [0.15, 0.2) is 18.2 Å². The van der Waals surface area contributed by atoms with Crippen LogP contribution in [-0.4, -0.2) is 18.3 Å². The maximum atomic E-state index is 13.2. The van der Waals surface area contributed by atoms with Crippen molar-refractivity contribution in [1.82, 2.24) is 0 Å². The Morgan fingerprint density at radius 3 is 2.62 bits per heavy atom. The predicted molar refractivity (Wildman–Crippen MR) is 64.0 cm³/mol. The first-order chi connectivity index (χ1) is 7.56. The molecular weight excluding hydrogens is 229 g/mol. The minimum absolute atomic E-state index is 0.00421. The summed E-state index contributed by atoms with van der Waals surface area (Å²) in [6.07, 6.45) is 1.31. The van der Waals surface area contributed by atoms with E-state index in [0.717, 1.165) is 12.0 Å². The van der Waals surface area contributed by atoms with Gasteiger partial charge in [0.25, 0.3) is 0 Å². The summed E-state index contributed by atoms with van der Waals surface area (Å²) in [5, 5.41) is 9.48. The smallest absolute Gasteiger partial charge is 0.142 e. The lowest BCUT2D eigenvalue weighted by molar-refractivity contribution is 0.127. The Morgan fingerprint density at radius 1 is 1.50 bits per heavy atom. The van der Waals surface area contributed by atoms with Gasteiger partial charge in [0.2, 0.25) is 0 Å². The second-order valence-electron chi connectivity index (χ2n) is 4.14. The van der Waals surface area contributed by atoms with Crippen LogP contribution in [0.25, 0.3) is 0 Å². The van der Waals surface area contributed by atoms with Gasteiger partial charge in [-0.15, -0.1) is 0 Å². The molecule has 0 saturated heterocycles. The highest BCUT2D eigenvalue weighted by atomic mass is 35.5. The van der Waals surface area contributed by atoms with Crippen molar-refractivity contribution in [1.29, 1.82) is 0 Å². The van der Waals surface area contributed by atoms with Crippen molar-refractivity contribution in [2.75, 3.05) is 13.2 Å². The lowest BCUT2D eigenvalue weighted by Gasteiger charge is -2.29. The van der Waals surface area contributed by atoms with Crippen molar-refractivity contribution in [3.8, 4) is 0 Å². The fourth-order valence-corrected chi connectivity index (χ4v) is 1.77. The quantitative estimate of drug-likeness (QED) is 0.837. The molecule has 16 heavy (non-hydrogen) atoms. The van der Waals surface area contributed by atoms with Crippen molar-refractivity contribution in [2.45, 2.75) is 19.8 Å². The number of benzene rings is 1. The molecule has 0 bridgehead atoms. The Hall–Kier alpha value is -0.640. The molecule has 0 aliphatic carbocycles. The molecule has 90 valence electrons. The van der Waals surface area contributed by atoms with Crippen LogP contribution in [0.2, 0.25) is 5.02 Å². The average molecular weight is 246 g/mol. The standard InChI is InChI=1S/C12H17ClFNO/c1-2-12(7-15,8-16)6-9-3-4-10(13)11(14)5-9/h3-5,16H,2,6-8,15H2,1H3. The van der Waals surface area contributed by atoms with E-state index in [1.54, 1.807) is 6.07 Å². The largest absolute Gasteiger partial charge is 0.396 e. The molecule has 1 aromatic rings. The molecule has 0 radical (unpaired) electrons. The van der Waals surface area contributed by atoms with E-state index in [1.165, 1.54) is 12.1 Å². The van der Waals surface area contributed by atoms with Crippen LogP contribution in [0.3, 0.4) is 0 Å². The van der Waals surface area contributed by atoms with Gasteiger partial charge in [0, 0.05) is 12.0 Å². The van der Waals surface area contributed by atoms with Gasteiger partial charge in [-0.1, -0.05) is 24.6 Å². The molecule has 1 aromatic carbocycles. The van der Waals surface area contributed by atoms with E-state index in [9.17, 15) is 9.50 Å². The van der Waals surface area contributed by atoms with Crippen LogP contribution in [0.4, 0.5) is 4.39 Å². The van der Waals surface area contributed by atoms with Crippen LogP contribution in [-0.2, 0) is 6.42 Å². The summed E-state index contributed by atoms with van der Waals surface area (Å²) >= 11 is 5.60. The molecule has 0 saturated carbocycles. The Kier molecular flexibility index (Phi) is 4.71. The highest BCUT2D eigenvalue weighted by molar-refractivity contribution is 6.30. The zero-order valence-electron chi connectivity index (χ0n) is 9.34. The summed E-state index contributed by atoms with van der Waals surface area (Å²) in [5.74, 6) is -0.431. The molecule has 1 atom stereocenters. The Morgan fingerprint density at radius 2 is 2.19 bits per heavy atom. The van der Waals surface area contributed by atoms with E-state index in [4.69, 9.17) is 17.3 Å². The summed E-state index contributed by atoms with van der Waals surface area (Å²) in [6, 6.07) is 4.69. The van der Waals surface area contributed by atoms with Crippen LogP contribution in [0, 0.1) is 11.2 Å². The molecule has 0 heterocycles. The second-order valence-corrected chi connectivity index (χ2v) is 4.55. The van der Waals surface area contributed by atoms with Gasteiger partial charge in [-0.3, -0.25) is 0 Å². The molecule has 0 fully saturated rings. The number of halogens is 2. The van der Waals surface area contributed by atoms with Crippen LogP contribution in [0.5, 0.6) is 0 Å². The Bertz CT molecular complexity index is 345. The fourth-order valence-electron chi connectivity index (χ4n) is 1.66. The van der Waals surface area contributed by atoms with Crippen LogP contribution in [0.1, 0.15) is 18.9 Å². The molecule has 0 aromatic heterocycles. The van der Waals surface area contributed by atoms with Gasteiger partial charge in [0.05, 0.1) is 11.6 Å². The molecular formula is C12H17ClFNO. The number of aliphatic hydroxyl groups is 1. The van der Waals surface area contributed by atoms with Gasteiger partial charge in [-0.25, -0.2) is 4.39 Å². The Labute approximate surface area is 100 Å². The SMILES string of the molecule is CCC(CN)(CO)Cc1ccc(Cl)c(F)c1. The Balaban J connectivity index is 2.89. The number of nitrogens with two attached hydrogens (primary N) is 1. The third kappa shape index (κ3) is 2.94. The van der Waals surface area contributed by atoms with Crippen molar-refractivity contribution in [3.05, 3.63) is 34.6 Å². The fraction of sp³-hybridized carbons (Fsp3) is 0.500. The normalized spacial score (nSPS) is 14.8. The summed E-state index contributed by atoms with van der Waals surface area (Å²) < 4.78 is 13.2. The third-order valence-electron chi connectivity index (χ3n) is 3.08. The minimum atomic E-state index is -0.431. The van der Waals surface area contributed by atoms with Gasteiger partial charge in [0.15, 0.2) is 0 Å². The van der Waals surface area contributed by atoms with Gasteiger partial charge in [-0.2, -0.15) is 0 Å². The van der Waals surface area contributed by atoms with Crippen molar-refractivity contribution >= 4 is 11.6 Å². The van der Waals surface area contributed by atoms with Crippen LogP contribution < -0.4 is 5.73 Å². The lowest BCUT2D eigenvalue weighted by Crippen LogP contribution is -2.35. The average Bonchev–Trinajstić information content (AvgIpc) is 2.31. The van der Waals surface area contributed by atoms with E-state index in [-0.39, 0.29) is 17.0 Å².